The van der Waals surface area contributed by atoms with Crippen LogP contribution in [0.15, 0.2) is 24.3 Å². The Labute approximate surface area is 108 Å². The molecule has 1 aromatic carbocycles. The van der Waals surface area contributed by atoms with E-state index in [-0.39, 0.29) is 18.1 Å². The van der Waals surface area contributed by atoms with Crippen molar-refractivity contribution in [2.75, 3.05) is 6.61 Å². The Hall–Kier alpha value is -1.39. The number of rotatable bonds is 4. The summed E-state index contributed by atoms with van der Waals surface area (Å²) in [6, 6.07) is 7.99. The van der Waals surface area contributed by atoms with Crippen LogP contribution in [0.1, 0.15) is 24.5 Å². The van der Waals surface area contributed by atoms with Crippen molar-refractivity contribution < 1.29 is 9.53 Å². The summed E-state index contributed by atoms with van der Waals surface area (Å²) in [6.07, 6.45) is 1.43. The van der Waals surface area contributed by atoms with E-state index in [0.29, 0.717) is 13.0 Å². The predicted octanol–water partition coefficient (Wildman–Crippen LogP) is 0.981. The Morgan fingerprint density at radius 1 is 1.39 bits per heavy atom. The van der Waals surface area contributed by atoms with Crippen molar-refractivity contribution in [3.8, 4) is 0 Å². The van der Waals surface area contributed by atoms with Gasteiger partial charge in [-0.05, 0) is 24.5 Å². The van der Waals surface area contributed by atoms with Crippen molar-refractivity contribution in [2.45, 2.75) is 38.5 Å². The number of carbonyl (C=O) groups excluding carboxylic acids is 1. The monoisotopic (exact) mass is 248 g/mol. The van der Waals surface area contributed by atoms with E-state index in [4.69, 9.17) is 10.5 Å². The van der Waals surface area contributed by atoms with Gasteiger partial charge in [-0.1, -0.05) is 24.3 Å². The van der Waals surface area contributed by atoms with E-state index < -0.39 is 0 Å². The highest BCUT2D eigenvalue weighted by Crippen LogP contribution is 2.13. The largest absolute Gasteiger partial charge is 0.376 e. The topological polar surface area (TPSA) is 64.3 Å². The number of nitrogens with two attached hydrogens (primary N) is 1. The highest BCUT2D eigenvalue weighted by atomic mass is 16.5. The standard InChI is InChI=1S/C14H20N2O2/c1-10-13(6-7-18-10)16-14(17)8-11-2-4-12(9-15)5-3-11/h2-5,10,13H,6-9,15H2,1H3,(H,16,17). The SMILES string of the molecule is CC1OCCC1NC(=O)Cc1ccc(CN)cc1. The molecule has 1 heterocycles. The van der Waals surface area contributed by atoms with E-state index in [0.717, 1.165) is 24.2 Å². The van der Waals surface area contributed by atoms with Crippen molar-refractivity contribution >= 4 is 5.91 Å². The van der Waals surface area contributed by atoms with Gasteiger partial charge >= 0.3 is 0 Å². The van der Waals surface area contributed by atoms with Gasteiger partial charge in [0.1, 0.15) is 0 Å². The fourth-order valence-corrected chi connectivity index (χ4v) is 2.16. The molecule has 0 spiro atoms. The Morgan fingerprint density at radius 3 is 2.61 bits per heavy atom. The Bertz CT molecular complexity index is 403. The van der Waals surface area contributed by atoms with Crippen LogP contribution >= 0.6 is 0 Å². The maximum atomic E-state index is 11.9. The minimum absolute atomic E-state index is 0.0536. The zero-order valence-corrected chi connectivity index (χ0v) is 10.7. The van der Waals surface area contributed by atoms with Gasteiger partial charge in [0.15, 0.2) is 0 Å². The molecule has 1 aliphatic rings. The van der Waals surface area contributed by atoms with E-state index in [1.807, 2.05) is 31.2 Å². The van der Waals surface area contributed by atoms with Crippen molar-refractivity contribution in [1.82, 2.24) is 5.32 Å². The lowest BCUT2D eigenvalue weighted by molar-refractivity contribution is -0.121. The van der Waals surface area contributed by atoms with Crippen LogP contribution in [0.3, 0.4) is 0 Å². The fourth-order valence-electron chi connectivity index (χ4n) is 2.16. The molecule has 18 heavy (non-hydrogen) atoms. The molecule has 1 fully saturated rings. The first kappa shape index (κ1) is 13.1. The molecule has 3 N–H and O–H groups in total. The molecule has 2 atom stereocenters. The molecular formula is C14H20N2O2. The number of benzene rings is 1. The molecule has 0 aromatic heterocycles. The first-order chi connectivity index (χ1) is 8.69. The number of ether oxygens (including phenoxy) is 1. The van der Waals surface area contributed by atoms with E-state index in [9.17, 15) is 4.79 Å². The predicted molar refractivity (Wildman–Crippen MR) is 70.0 cm³/mol. The quantitative estimate of drug-likeness (QED) is 0.835. The van der Waals surface area contributed by atoms with Crippen LogP contribution in [0.2, 0.25) is 0 Å². The number of amides is 1. The molecule has 0 aliphatic carbocycles. The lowest BCUT2D eigenvalue weighted by atomic mass is 10.1. The smallest absolute Gasteiger partial charge is 0.224 e. The van der Waals surface area contributed by atoms with Gasteiger partial charge in [-0.25, -0.2) is 0 Å². The van der Waals surface area contributed by atoms with E-state index >= 15 is 0 Å². The van der Waals surface area contributed by atoms with Crippen molar-refractivity contribution in [1.29, 1.82) is 0 Å². The lowest BCUT2D eigenvalue weighted by Crippen LogP contribution is -2.39. The second-order valence-corrected chi connectivity index (χ2v) is 4.74. The summed E-state index contributed by atoms with van der Waals surface area (Å²) in [6.45, 7) is 3.26. The summed E-state index contributed by atoms with van der Waals surface area (Å²) < 4.78 is 5.42. The van der Waals surface area contributed by atoms with Crippen LogP contribution in [-0.4, -0.2) is 24.7 Å². The summed E-state index contributed by atoms with van der Waals surface area (Å²) in [5.74, 6) is 0.0536. The lowest BCUT2D eigenvalue weighted by Gasteiger charge is -2.16. The van der Waals surface area contributed by atoms with Gasteiger partial charge in [0.2, 0.25) is 5.91 Å². The number of hydrogen-bond donors (Lipinski definition) is 2. The Morgan fingerprint density at radius 2 is 2.06 bits per heavy atom. The summed E-state index contributed by atoms with van der Waals surface area (Å²) in [5.41, 5.74) is 7.62. The molecule has 0 radical (unpaired) electrons. The van der Waals surface area contributed by atoms with Crippen LogP contribution in [-0.2, 0) is 22.5 Å². The van der Waals surface area contributed by atoms with Gasteiger partial charge in [0, 0.05) is 13.2 Å². The highest BCUT2D eigenvalue weighted by Gasteiger charge is 2.25. The van der Waals surface area contributed by atoms with Gasteiger partial charge in [0.05, 0.1) is 18.6 Å². The van der Waals surface area contributed by atoms with Crippen molar-refractivity contribution in [3.05, 3.63) is 35.4 Å². The molecule has 4 nitrogen and oxygen atoms in total. The maximum Gasteiger partial charge on any atom is 0.224 e. The van der Waals surface area contributed by atoms with Gasteiger partial charge in [-0.3, -0.25) is 4.79 Å². The second kappa shape index (κ2) is 5.98. The van der Waals surface area contributed by atoms with Crippen LogP contribution in [0.4, 0.5) is 0 Å². The Balaban J connectivity index is 1.86. The van der Waals surface area contributed by atoms with Gasteiger partial charge in [-0.15, -0.1) is 0 Å². The molecule has 1 aromatic rings. The van der Waals surface area contributed by atoms with Gasteiger partial charge in [-0.2, -0.15) is 0 Å². The van der Waals surface area contributed by atoms with Crippen LogP contribution < -0.4 is 11.1 Å². The normalized spacial score (nSPS) is 23.0. The average Bonchev–Trinajstić information content (AvgIpc) is 2.76. The van der Waals surface area contributed by atoms with Crippen LogP contribution in [0, 0.1) is 0 Å². The summed E-state index contributed by atoms with van der Waals surface area (Å²) in [5, 5.41) is 3.02. The minimum Gasteiger partial charge on any atom is -0.376 e. The number of carbonyl (C=O) groups is 1. The molecule has 2 unspecified atom stereocenters. The van der Waals surface area contributed by atoms with E-state index in [2.05, 4.69) is 5.32 Å². The first-order valence-corrected chi connectivity index (χ1v) is 6.38. The molecule has 0 saturated carbocycles. The third-order valence-electron chi connectivity index (χ3n) is 3.35. The molecule has 1 saturated heterocycles. The molecular weight excluding hydrogens is 228 g/mol. The minimum atomic E-state index is 0.0536. The molecule has 1 aliphatic heterocycles. The first-order valence-electron chi connectivity index (χ1n) is 6.38. The van der Waals surface area contributed by atoms with Crippen molar-refractivity contribution in [3.63, 3.8) is 0 Å². The summed E-state index contributed by atoms with van der Waals surface area (Å²) in [7, 11) is 0. The summed E-state index contributed by atoms with van der Waals surface area (Å²) in [4.78, 5) is 11.9. The zero-order chi connectivity index (χ0) is 13.0. The molecule has 4 heteroatoms. The van der Waals surface area contributed by atoms with Crippen LogP contribution in [0.5, 0.6) is 0 Å². The van der Waals surface area contributed by atoms with Gasteiger partial charge < -0.3 is 15.8 Å². The maximum absolute atomic E-state index is 11.9. The Kier molecular flexibility index (Phi) is 4.33. The molecule has 1 amide bonds. The molecule has 2 rings (SSSR count). The second-order valence-electron chi connectivity index (χ2n) is 4.74. The highest BCUT2D eigenvalue weighted by molar-refractivity contribution is 5.78. The van der Waals surface area contributed by atoms with E-state index in [1.165, 1.54) is 0 Å². The average molecular weight is 248 g/mol. The summed E-state index contributed by atoms with van der Waals surface area (Å²) >= 11 is 0. The van der Waals surface area contributed by atoms with E-state index in [1.54, 1.807) is 0 Å². The van der Waals surface area contributed by atoms with Crippen molar-refractivity contribution in [2.24, 2.45) is 5.73 Å². The van der Waals surface area contributed by atoms with Gasteiger partial charge in [0.25, 0.3) is 0 Å². The molecule has 98 valence electrons. The molecule has 0 bridgehead atoms. The zero-order valence-electron chi connectivity index (χ0n) is 10.7. The number of hydrogen-bond acceptors (Lipinski definition) is 3. The van der Waals surface area contributed by atoms with Crippen LogP contribution in [0.25, 0.3) is 0 Å². The fraction of sp³-hybridized carbons (Fsp3) is 0.500. The third kappa shape index (κ3) is 3.31. The third-order valence-corrected chi connectivity index (χ3v) is 3.35. The number of nitrogens with one attached hydrogen (secondary N) is 1.